The van der Waals surface area contributed by atoms with Crippen LogP contribution in [0.4, 0.5) is 0 Å². The number of unbranched alkanes of at least 4 members (excludes halogenated alkanes) is 5. The van der Waals surface area contributed by atoms with Crippen LogP contribution in [0.15, 0.2) is 136 Å². The van der Waals surface area contributed by atoms with Crippen molar-refractivity contribution in [3.8, 4) is 0 Å². The predicted octanol–water partition coefficient (Wildman–Crippen LogP) is -3.16. The predicted molar refractivity (Wildman–Crippen MR) is 484 cm³/mol. The Balaban J connectivity index is -0.000000235. The van der Waals surface area contributed by atoms with Gasteiger partial charge in [-0.05, 0) is 148 Å². The minimum atomic E-state index is -0.147. The lowest BCUT2D eigenvalue weighted by molar-refractivity contribution is -0.904. The van der Waals surface area contributed by atoms with Crippen molar-refractivity contribution in [2.24, 2.45) is 0 Å². The van der Waals surface area contributed by atoms with Gasteiger partial charge in [0, 0.05) is 123 Å². The van der Waals surface area contributed by atoms with Crippen molar-refractivity contribution in [3.63, 3.8) is 0 Å². The van der Waals surface area contributed by atoms with E-state index >= 15 is 0 Å². The number of carbonyl (C=O) groups is 8. The molecule has 0 aromatic heterocycles. The molecule has 0 atom stereocenters. The first kappa shape index (κ1) is 132. The van der Waals surface area contributed by atoms with E-state index < -0.39 is 0 Å². The Kier molecular flexibility index (Phi) is 83.1. The van der Waals surface area contributed by atoms with E-state index in [0.29, 0.717) is 82.0 Å². The molecule has 0 radical (unpaired) electrons. The number of allylic oxidation sites excluding steroid dienone is 4. The molecule has 0 aliphatic carbocycles. The van der Waals surface area contributed by atoms with E-state index in [4.69, 9.17) is 23.2 Å². The molecule has 0 aliphatic heterocycles. The lowest BCUT2D eigenvalue weighted by Crippen LogP contribution is -3.00. The Hall–Kier alpha value is -4.88. The van der Waals surface area contributed by atoms with Crippen molar-refractivity contribution >= 4 is 69.8 Å². The van der Waals surface area contributed by atoms with Gasteiger partial charge in [-0.15, -0.1) is 23.2 Å². The highest BCUT2D eigenvalue weighted by atomic mass is 35.5. The first-order chi connectivity index (χ1) is 54.0. The maximum atomic E-state index is 12.4. The quantitative estimate of drug-likeness (QED) is 0.0227. The number of amides is 3. The number of halogens is 8. The molecule has 0 spiro atoms. The van der Waals surface area contributed by atoms with E-state index in [0.717, 1.165) is 221 Å². The van der Waals surface area contributed by atoms with Crippen LogP contribution in [0, 0.1) is 0 Å². The number of hydrogen-bond donors (Lipinski definition) is 3. The van der Waals surface area contributed by atoms with Gasteiger partial charge in [0.2, 0.25) is 17.7 Å². The highest BCUT2D eigenvalue weighted by molar-refractivity contribution is 6.19. The maximum Gasteiger partial charge on any atom is 0.243 e. The Morgan fingerprint density at radius 3 is 0.835 bits per heavy atom. The van der Waals surface area contributed by atoms with Crippen molar-refractivity contribution in [1.29, 1.82) is 0 Å². The first-order valence-electron chi connectivity index (χ1n) is 42.2. The van der Waals surface area contributed by atoms with Crippen LogP contribution in [0.2, 0.25) is 0 Å². The summed E-state index contributed by atoms with van der Waals surface area (Å²) < 4.78 is 5.28. The van der Waals surface area contributed by atoms with E-state index in [2.05, 4.69) is 216 Å². The van der Waals surface area contributed by atoms with Crippen LogP contribution in [0.3, 0.4) is 0 Å². The van der Waals surface area contributed by atoms with Gasteiger partial charge in [0.25, 0.3) is 0 Å². The van der Waals surface area contributed by atoms with Gasteiger partial charge in [-0.25, -0.2) is 0 Å². The molecular weight excluding hydrogens is 1690 g/mol. The average molecular weight is 1860 g/mol. The average Bonchev–Trinajstić information content (AvgIpc) is 0.901. The van der Waals surface area contributed by atoms with Crippen LogP contribution < -0.4 is 90.4 Å². The summed E-state index contributed by atoms with van der Waals surface area (Å²) in [5.41, 5.74) is 7.82. The van der Waals surface area contributed by atoms with Gasteiger partial charge in [0.05, 0.1) is 137 Å². The minimum Gasteiger partial charge on any atom is -1.00 e. The molecular formula is C94H163Cl8N11O8. The highest BCUT2D eigenvalue weighted by Crippen LogP contribution is 2.20. The lowest BCUT2D eigenvalue weighted by atomic mass is 10.1. The summed E-state index contributed by atoms with van der Waals surface area (Å²) in [5.74, 6) is 2.02. The summed E-state index contributed by atoms with van der Waals surface area (Å²) in [6.45, 7) is 35.4. The minimum absolute atomic E-state index is 0. The van der Waals surface area contributed by atoms with E-state index in [1.54, 1.807) is 0 Å². The fraction of sp³-hybridized carbons (Fsp3) is 0.617. The summed E-state index contributed by atoms with van der Waals surface area (Å²) in [6.07, 6.45) is 25.5. The van der Waals surface area contributed by atoms with E-state index in [-0.39, 0.29) is 115 Å². The molecule has 0 saturated heterocycles. The van der Waals surface area contributed by atoms with Crippen LogP contribution in [0.1, 0.15) is 182 Å². The molecule has 3 rings (SSSR count). The Bertz CT molecular complexity index is 3280. The molecule has 698 valence electrons. The summed E-state index contributed by atoms with van der Waals surface area (Å²) in [4.78, 5) is 95.1. The number of Topliss-reactive ketones (excluding diaryl/α,β-unsaturated/α-hetero) is 1. The summed E-state index contributed by atoms with van der Waals surface area (Å²) >= 11 is 11.2. The van der Waals surface area contributed by atoms with Crippen LogP contribution in [0.5, 0.6) is 0 Å². The molecule has 0 saturated carbocycles. The molecule has 3 aromatic rings. The van der Waals surface area contributed by atoms with Crippen molar-refractivity contribution in [2.75, 3.05) is 197 Å². The monoisotopic (exact) mass is 1850 g/mol. The van der Waals surface area contributed by atoms with Gasteiger partial charge in [0.1, 0.15) is 38.5 Å². The largest absolute Gasteiger partial charge is 1.00 e. The summed E-state index contributed by atoms with van der Waals surface area (Å²) in [7, 11) is 34.8. The van der Waals surface area contributed by atoms with Gasteiger partial charge in [-0.2, -0.15) is 0 Å². The Morgan fingerprint density at radius 2 is 0.570 bits per heavy atom. The normalized spacial score (nSPS) is 11.0. The van der Waals surface area contributed by atoms with E-state index in [1.807, 2.05) is 35.1 Å². The standard InChI is InChI=1S/C33H56N5O3.C26H44N3O2.C17H25ClNO.C9H18ClNO.C9H17NO.6ClH/c1-9-31(39)15-11-12-23-37(5,6)27-29-16-18-30(19-17-29)28-38(7,8)25-14-22-35-33(41)20-26-36(3,4)24-13-21-34-32(40)10-2;1-7-12-26(31)27-18-11-20-29(5,6)22-24-16-14-23(15-17-24)21-28(3,4)19-10-9-13-25(30)8-2;1-4-17(20)7-5-6-12-19(2,3)14-16-10-8-15(13-18)9-11-16;1-11(2)8-4-3-5-9(12)6-7-10;1-4-9(11)7-5-6-8-10(2)3;;;;;;/h9-10,16-19H,1-2,11-15,20-28H2,3-8H3;8,14-17H,2,7,9-13,18-22H2,1,3-6H3;4,8-11H,1,5-7,12-14H2,2-3H3;3-8H2,1-2H3;4H,1,5-8H2,2-3H3;6*1H/q3*+1;;;;;;;;/p-3. The summed E-state index contributed by atoms with van der Waals surface area (Å²) in [5, 5.41) is 8.89. The SMILES string of the molecule is C=CC(=O)CCCCN(C)C.C=CC(=O)CCCC[N+](C)(C)Cc1ccc(CCl)cc1.C=CC(=O)CCCC[N+](C)(C)Cc1ccc(C[N+](C)(C)CCCNC(=O)CCC)cc1.C=CC(=O)CCCC[N+](C)(C)Cc1ccc(C[N+](C)(C)CCCNC(=O)CC[N+](C)(C)CCCNC(=O)C=C)cc1.CN(C)CCCCC(=O)CCCl.[Cl-].[Cl-].[Cl-].[Cl-].[Cl-].[Cl-]. The summed E-state index contributed by atoms with van der Waals surface area (Å²) in [6, 6.07) is 26.5. The highest BCUT2D eigenvalue weighted by Gasteiger charge is 2.23. The van der Waals surface area contributed by atoms with Crippen LogP contribution in [-0.4, -0.2) is 281 Å². The molecule has 121 heavy (non-hydrogen) atoms. The number of carbonyl (C=O) groups excluding carboxylic acids is 8. The van der Waals surface area contributed by atoms with Gasteiger partial charge < -0.3 is 127 Å². The molecule has 3 amide bonds. The van der Waals surface area contributed by atoms with Crippen molar-refractivity contribution in [2.45, 2.75) is 187 Å². The van der Waals surface area contributed by atoms with Crippen LogP contribution in [0.25, 0.3) is 0 Å². The van der Waals surface area contributed by atoms with Crippen molar-refractivity contribution in [1.82, 2.24) is 25.8 Å². The fourth-order valence-corrected chi connectivity index (χ4v) is 13.3. The van der Waals surface area contributed by atoms with Gasteiger partial charge in [0.15, 0.2) is 23.1 Å². The molecule has 19 nitrogen and oxygen atoms in total. The zero-order valence-electron chi connectivity index (χ0n) is 77.7. The molecule has 27 heteroatoms. The number of nitrogens with one attached hydrogen (secondary N) is 3. The van der Waals surface area contributed by atoms with Crippen LogP contribution in [-0.2, 0) is 77.0 Å². The second-order valence-electron chi connectivity index (χ2n) is 35.4. The number of alkyl halides is 2. The number of benzene rings is 3. The molecule has 0 aliphatic rings. The number of rotatable bonds is 60. The molecule has 0 fully saturated rings. The van der Waals surface area contributed by atoms with E-state index in [1.165, 1.54) is 58.2 Å². The fourth-order valence-electron chi connectivity index (χ4n) is 12.9. The van der Waals surface area contributed by atoms with Crippen LogP contribution >= 0.6 is 23.2 Å². The van der Waals surface area contributed by atoms with E-state index in [9.17, 15) is 38.4 Å². The molecule has 0 unspecified atom stereocenters. The Labute approximate surface area is 783 Å². The third-order valence-electron chi connectivity index (χ3n) is 19.8. The molecule has 3 N–H and O–H groups in total. The molecule has 0 bridgehead atoms. The maximum absolute atomic E-state index is 12.4. The number of ketones is 5. The van der Waals surface area contributed by atoms with Gasteiger partial charge in [-0.1, -0.05) is 113 Å². The van der Waals surface area contributed by atoms with Crippen molar-refractivity contribution in [3.05, 3.63) is 169 Å². The number of quaternary nitrogens is 6. The Morgan fingerprint density at radius 1 is 0.314 bits per heavy atom. The molecule has 0 heterocycles. The first-order valence-corrected chi connectivity index (χ1v) is 43.2. The number of nitrogens with zero attached hydrogens (tertiary/aromatic N) is 8. The second kappa shape index (κ2) is 76.4. The molecule has 3 aromatic carbocycles. The lowest BCUT2D eigenvalue weighted by Gasteiger charge is -2.31. The van der Waals surface area contributed by atoms with Gasteiger partial charge in [-0.3, -0.25) is 38.4 Å². The third-order valence-corrected chi connectivity index (χ3v) is 20.3. The zero-order valence-corrected chi connectivity index (χ0v) is 83.8. The second-order valence-corrected chi connectivity index (χ2v) is 36.0. The topological polar surface area (TPSA) is 179 Å². The van der Waals surface area contributed by atoms with Gasteiger partial charge >= 0.3 is 0 Å². The number of hydrogen-bond acceptors (Lipinski definition) is 10. The third kappa shape index (κ3) is 79.5. The smallest absolute Gasteiger partial charge is 0.243 e. The van der Waals surface area contributed by atoms with Crippen molar-refractivity contribution < 1.29 is 140 Å². The zero-order chi connectivity index (χ0) is 87.4.